The van der Waals surface area contributed by atoms with Gasteiger partial charge in [-0.1, -0.05) is 18.2 Å². The number of rotatable bonds is 2. The second kappa shape index (κ2) is 7.65. The van der Waals surface area contributed by atoms with Crippen LogP contribution in [0.3, 0.4) is 0 Å². The molecule has 140 valence electrons. The molecule has 0 N–H and O–H groups in total. The molecule has 3 rings (SSSR count). The molecular weight excluding hydrogens is 359 g/mol. The molecule has 1 fully saturated rings. The summed E-state index contributed by atoms with van der Waals surface area (Å²) in [6.07, 6.45) is 0.161. The molecular formula is C18H21FN2O4S. The maximum Gasteiger partial charge on any atom is 0.316 e. The van der Waals surface area contributed by atoms with Gasteiger partial charge in [0.15, 0.2) is 0 Å². The summed E-state index contributed by atoms with van der Waals surface area (Å²) >= 11 is 1.66. The number of ether oxygens (including phenoxy) is 1. The van der Waals surface area contributed by atoms with Crippen molar-refractivity contribution < 1.29 is 23.5 Å². The molecule has 2 aliphatic heterocycles. The monoisotopic (exact) mass is 380 g/mol. The van der Waals surface area contributed by atoms with Crippen molar-refractivity contribution >= 4 is 29.5 Å². The van der Waals surface area contributed by atoms with E-state index in [1.807, 2.05) is 24.3 Å². The summed E-state index contributed by atoms with van der Waals surface area (Å²) in [5.74, 6) is -1.27. The number of hydrogen-bond donors (Lipinski definition) is 0. The topological polar surface area (TPSA) is 66.9 Å². The lowest BCUT2D eigenvalue weighted by Gasteiger charge is -2.25. The van der Waals surface area contributed by atoms with Gasteiger partial charge in [0.2, 0.25) is 0 Å². The second-order valence-corrected chi connectivity index (χ2v) is 7.70. The number of likely N-dealkylation sites (tertiary alicyclic amines) is 1. The van der Waals surface area contributed by atoms with Gasteiger partial charge in [0.25, 0.3) is 0 Å². The molecule has 1 unspecified atom stereocenters. The van der Waals surface area contributed by atoms with Gasteiger partial charge < -0.3 is 14.5 Å². The Bertz CT molecular complexity index is 729. The average Bonchev–Trinajstić information content (AvgIpc) is 3.00. The van der Waals surface area contributed by atoms with Gasteiger partial charge >= 0.3 is 17.8 Å². The van der Waals surface area contributed by atoms with Gasteiger partial charge in [-0.3, -0.25) is 14.4 Å². The van der Waals surface area contributed by atoms with E-state index in [-0.39, 0.29) is 19.5 Å². The first-order chi connectivity index (χ1) is 12.5. The minimum Gasteiger partial charge on any atom is -0.468 e. The molecule has 8 heteroatoms. The van der Waals surface area contributed by atoms with Crippen molar-refractivity contribution in [3.05, 3.63) is 29.8 Å². The molecule has 0 spiro atoms. The molecule has 1 aromatic rings. The number of halogens is 1. The van der Waals surface area contributed by atoms with E-state index in [4.69, 9.17) is 0 Å². The molecule has 6 nitrogen and oxygen atoms in total. The van der Waals surface area contributed by atoms with E-state index in [1.165, 1.54) is 16.9 Å². The number of methoxy groups -OCH3 is 1. The normalized spacial score (nSPS) is 22.5. The number of alkyl halides is 1. The fourth-order valence-corrected chi connectivity index (χ4v) is 4.39. The van der Waals surface area contributed by atoms with Crippen molar-refractivity contribution in [2.45, 2.75) is 17.9 Å². The molecule has 0 aromatic heterocycles. The zero-order chi connectivity index (χ0) is 18.7. The molecule has 2 heterocycles. The van der Waals surface area contributed by atoms with E-state index in [9.17, 15) is 18.8 Å². The predicted molar refractivity (Wildman–Crippen MR) is 94.2 cm³/mol. The van der Waals surface area contributed by atoms with Gasteiger partial charge in [-0.05, 0) is 18.1 Å². The number of benzene rings is 1. The van der Waals surface area contributed by atoms with Crippen LogP contribution in [0.25, 0.3) is 0 Å². The Labute approximate surface area is 155 Å². The number of carbonyl (C=O) groups excluding carboxylic acids is 3. The summed E-state index contributed by atoms with van der Waals surface area (Å²) in [5.41, 5.74) is -0.350. The van der Waals surface area contributed by atoms with Crippen LogP contribution in [0, 0.1) is 5.41 Å². The first-order valence-electron chi connectivity index (χ1n) is 8.44. The molecule has 2 aliphatic rings. The summed E-state index contributed by atoms with van der Waals surface area (Å²) in [4.78, 5) is 41.1. The zero-order valence-corrected chi connectivity index (χ0v) is 15.4. The maximum atomic E-state index is 13.5. The summed E-state index contributed by atoms with van der Waals surface area (Å²) in [7, 11) is 1.20. The fourth-order valence-electron chi connectivity index (χ4n) is 3.36. The van der Waals surface area contributed by atoms with E-state index in [2.05, 4.69) is 4.74 Å². The number of esters is 1. The Hall–Kier alpha value is -2.09. The molecule has 0 radical (unpaired) electrons. The Morgan fingerprint density at radius 3 is 2.65 bits per heavy atom. The van der Waals surface area contributed by atoms with Crippen molar-refractivity contribution in [1.29, 1.82) is 0 Å². The third-order valence-electron chi connectivity index (χ3n) is 4.94. The first-order valence-corrected chi connectivity index (χ1v) is 9.42. The Kier molecular flexibility index (Phi) is 5.50. The molecule has 0 bridgehead atoms. The minimum atomic E-state index is -1.36. The third kappa shape index (κ3) is 3.42. The highest BCUT2D eigenvalue weighted by Crippen LogP contribution is 2.33. The summed E-state index contributed by atoms with van der Waals surface area (Å²) in [5, 5.41) is 0. The van der Waals surface area contributed by atoms with E-state index in [1.54, 1.807) is 11.8 Å². The van der Waals surface area contributed by atoms with E-state index in [0.29, 0.717) is 18.8 Å². The van der Waals surface area contributed by atoms with Crippen LogP contribution < -0.4 is 0 Å². The van der Waals surface area contributed by atoms with Crippen molar-refractivity contribution in [2.75, 3.05) is 39.2 Å². The van der Waals surface area contributed by atoms with Crippen LogP contribution in [-0.2, 0) is 25.7 Å². The lowest BCUT2D eigenvalue weighted by molar-refractivity contribution is -0.155. The number of fused-ring (bicyclic) bond motifs is 1. The van der Waals surface area contributed by atoms with Crippen LogP contribution >= 0.6 is 11.8 Å². The zero-order valence-electron chi connectivity index (χ0n) is 14.6. The SMILES string of the molecule is COC(=O)C1(CF)CCN(C(=O)C(=O)N2CCSc3ccccc3C2)C1. The minimum absolute atomic E-state index is 0.125. The van der Waals surface area contributed by atoms with E-state index in [0.717, 1.165) is 10.5 Å². The summed E-state index contributed by atoms with van der Waals surface area (Å²) in [6.45, 7) is -0.0378. The van der Waals surface area contributed by atoms with Gasteiger partial charge in [0.05, 0.1) is 7.11 Å². The lowest BCUT2D eigenvalue weighted by Crippen LogP contribution is -2.46. The highest BCUT2D eigenvalue weighted by molar-refractivity contribution is 7.99. The molecule has 1 aromatic carbocycles. The number of thioether (sulfide) groups is 1. The van der Waals surface area contributed by atoms with Crippen LogP contribution in [0.15, 0.2) is 29.2 Å². The lowest BCUT2D eigenvalue weighted by atomic mass is 9.89. The number of hydrogen-bond acceptors (Lipinski definition) is 5. The highest BCUT2D eigenvalue weighted by Gasteiger charge is 2.48. The van der Waals surface area contributed by atoms with Crippen LogP contribution in [0.4, 0.5) is 4.39 Å². The quantitative estimate of drug-likeness (QED) is 0.574. The van der Waals surface area contributed by atoms with Crippen molar-refractivity contribution in [2.24, 2.45) is 5.41 Å². The van der Waals surface area contributed by atoms with Gasteiger partial charge in [0, 0.05) is 36.8 Å². The van der Waals surface area contributed by atoms with Gasteiger partial charge in [-0.25, -0.2) is 4.39 Å². The van der Waals surface area contributed by atoms with Crippen LogP contribution in [0.2, 0.25) is 0 Å². The number of nitrogens with zero attached hydrogens (tertiary/aromatic N) is 2. The Balaban J connectivity index is 1.71. The standard InChI is InChI=1S/C18H21FN2O4S/c1-25-17(24)18(11-19)6-7-21(12-18)16(23)15(22)20-8-9-26-14-5-3-2-4-13(14)10-20/h2-5H,6-12H2,1H3. The summed E-state index contributed by atoms with van der Waals surface area (Å²) < 4.78 is 18.1. The average molecular weight is 380 g/mol. The van der Waals surface area contributed by atoms with Gasteiger partial charge in [-0.2, -0.15) is 0 Å². The first kappa shape index (κ1) is 18.7. The van der Waals surface area contributed by atoms with Gasteiger partial charge in [0.1, 0.15) is 12.1 Å². The van der Waals surface area contributed by atoms with E-state index >= 15 is 0 Å². The Morgan fingerprint density at radius 2 is 1.92 bits per heavy atom. The van der Waals surface area contributed by atoms with Crippen molar-refractivity contribution in [3.63, 3.8) is 0 Å². The predicted octanol–water partition coefficient (Wildman–Crippen LogP) is 1.48. The molecule has 26 heavy (non-hydrogen) atoms. The molecule has 0 aliphatic carbocycles. The van der Waals surface area contributed by atoms with Crippen molar-refractivity contribution in [3.8, 4) is 0 Å². The van der Waals surface area contributed by atoms with Crippen LogP contribution in [0.1, 0.15) is 12.0 Å². The summed E-state index contributed by atoms with van der Waals surface area (Å²) in [6, 6.07) is 7.80. The second-order valence-electron chi connectivity index (χ2n) is 6.57. The maximum absolute atomic E-state index is 13.5. The fraction of sp³-hybridized carbons (Fsp3) is 0.500. The third-order valence-corrected chi connectivity index (χ3v) is 6.03. The van der Waals surface area contributed by atoms with E-state index < -0.39 is 29.9 Å². The van der Waals surface area contributed by atoms with Crippen LogP contribution in [-0.4, -0.2) is 66.8 Å². The number of amides is 2. The molecule has 0 saturated carbocycles. The van der Waals surface area contributed by atoms with Crippen LogP contribution in [0.5, 0.6) is 0 Å². The highest BCUT2D eigenvalue weighted by atomic mass is 32.2. The van der Waals surface area contributed by atoms with Crippen molar-refractivity contribution in [1.82, 2.24) is 9.80 Å². The Morgan fingerprint density at radius 1 is 1.19 bits per heavy atom. The molecule has 2 amide bonds. The number of carbonyl (C=O) groups is 3. The molecule has 1 atom stereocenters. The smallest absolute Gasteiger partial charge is 0.316 e. The van der Waals surface area contributed by atoms with Gasteiger partial charge in [-0.15, -0.1) is 11.8 Å². The molecule has 1 saturated heterocycles. The largest absolute Gasteiger partial charge is 0.468 e.